The van der Waals surface area contributed by atoms with Gasteiger partial charge in [0.25, 0.3) is 5.91 Å². The highest BCUT2D eigenvalue weighted by Gasteiger charge is 2.29. The zero-order valence-electron chi connectivity index (χ0n) is 16.0. The molecule has 25 heavy (non-hydrogen) atoms. The molecule has 0 spiro atoms. The van der Waals surface area contributed by atoms with Crippen LogP contribution in [0.15, 0.2) is 23.9 Å². The molecular weight excluding hydrogens is 312 g/mol. The highest BCUT2D eigenvalue weighted by Crippen LogP contribution is 2.29. The molecule has 1 aliphatic heterocycles. The number of aromatic nitrogens is 1. The van der Waals surface area contributed by atoms with Gasteiger partial charge in [-0.05, 0) is 49.0 Å². The maximum atomic E-state index is 12.5. The van der Waals surface area contributed by atoms with Gasteiger partial charge in [-0.15, -0.1) is 0 Å². The number of hydrogen-bond acceptors (Lipinski definition) is 4. The van der Waals surface area contributed by atoms with Crippen molar-refractivity contribution in [3.63, 3.8) is 0 Å². The van der Waals surface area contributed by atoms with E-state index in [1.54, 1.807) is 4.90 Å². The molecular formula is C20H30N4O. The fourth-order valence-electron chi connectivity index (χ4n) is 3.03. The van der Waals surface area contributed by atoms with Gasteiger partial charge in [-0.1, -0.05) is 27.7 Å². The maximum absolute atomic E-state index is 12.5. The maximum Gasteiger partial charge on any atom is 0.269 e. The van der Waals surface area contributed by atoms with Crippen LogP contribution in [-0.4, -0.2) is 34.6 Å². The molecule has 5 heteroatoms. The fraction of sp³-hybridized carbons (Fsp3) is 0.550. The van der Waals surface area contributed by atoms with Crippen LogP contribution in [0.1, 0.15) is 62.9 Å². The molecule has 1 fully saturated rings. The molecule has 0 saturated carbocycles. The zero-order chi connectivity index (χ0) is 18.7. The van der Waals surface area contributed by atoms with Gasteiger partial charge in [0.1, 0.15) is 0 Å². The minimum Gasteiger partial charge on any atom is -0.394 e. The Labute approximate surface area is 150 Å². The number of nitrogens with two attached hydrogens (primary N) is 1. The molecule has 1 amide bonds. The summed E-state index contributed by atoms with van der Waals surface area (Å²) in [7, 11) is 0. The van der Waals surface area contributed by atoms with Crippen molar-refractivity contribution in [2.45, 2.75) is 52.9 Å². The summed E-state index contributed by atoms with van der Waals surface area (Å²) < 4.78 is 0. The van der Waals surface area contributed by atoms with Crippen LogP contribution >= 0.6 is 0 Å². The van der Waals surface area contributed by atoms with Gasteiger partial charge in [-0.2, -0.15) is 0 Å². The van der Waals surface area contributed by atoms with E-state index in [2.05, 4.69) is 26.0 Å². The number of nitrogens with one attached hydrogen (secondary N) is 1. The summed E-state index contributed by atoms with van der Waals surface area (Å²) >= 11 is 0. The molecule has 1 unspecified atom stereocenters. The fourth-order valence-corrected chi connectivity index (χ4v) is 3.03. The van der Waals surface area contributed by atoms with Crippen molar-refractivity contribution in [2.24, 2.45) is 11.7 Å². The van der Waals surface area contributed by atoms with Gasteiger partial charge >= 0.3 is 0 Å². The molecule has 3 N–H and O–H groups in total. The van der Waals surface area contributed by atoms with Crippen molar-refractivity contribution in [1.29, 1.82) is 5.41 Å². The summed E-state index contributed by atoms with van der Waals surface area (Å²) in [5, 5.41) is 7.86. The lowest BCUT2D eigenvalue weighted by molar-refractivity contribution is -0.126. The normalized spacial score (nSPS) is 18.3. The number of aryl methyl sites for hydroxylation is 1. The molecule has 1 aromatic rings. The number of hydrogen-bond donors (Lipinski definition) is 2. The number of amides is 1. The monoisotopic (exact) mass is 342 g/mol. The first-order valence-corrected chi connectivity index (χ1v) is 9.02. The van der Waals surface area contributed by atoms with E-state index in [1.165, 1.54) is 11.6 Å². The van der Waals surface area contributed by atoms with Gasteiger partial charge < -0.3 is 16.0 Å². The summed E-state index contributed by atoms with van der Waals surface area (Å²) in [6, 6.07) is 4.30. The molecule has 0 aliphatic carbocycles. The van der Waals surface area contributed by atoms with Crippen molar-refractivity contribution in [2.75, 3.05) is 13.1 Å². The first kappa shape index (κ1) is 19.2. The second kappa shape index (κ2) is 7.81. The summed E-state index contributed by atoms with van der Waals surface area (Å²) in [6.45, 7) is 11.5. The quantitative estimate of drug-likeness (QED) is 0.636. The van der Waals surface area contributed by atoms with Crippen molar-refractivity contribution < 1.29 is 4.79 Å². The number of likely N-dealkylation sites (tertiary alicyclic amines) is 1. The number of nitrogens with zero attached hydrogens (tertiary/aromatic N) is 2. The minimum absolute atomic E-state index is 0.0589. The van der Waals surface area contributed by atoms with E-state index in [0.717, 1.165) is 17.8 Å². The van der Waals surface area contributed by atoms with E-state index in [9.17, 15) is 4.79 Å². The lowest BCUT2D eigenvalue weighted by Crippen LogP contribution is -2.33. The predicted octanol–water partition coefficient (Wildman–Crippen LogP) is 3.35. The molecule has 1 atom stereocenters. The molecule has 5 nitrogen and oxygen atoms in total. The topological polar surface area (TPSA) is 83.1 Å². The van der Waals surface area contributed by atoms with Crippen LogP contribution in [0.25, 0.3) is 0 Å². The summed E-state index contributed by atoms with van der Waals surface area (Å²) in [4.78, 5) is 19.0. The van der Waals surface area contributed by atoms with Crippen molar-refractivity contribution in [1.82, 2.24) is 9.88 Å². The second-order valence-corrected chi connectivity index (χ2v) is 7.57. The smallest absolute Gasteiger partial charge is 0.269 e. The number of pyridine rings is 1. The molecule has 136 valence electrons. The van der Waals surface area contributed by atoms with Crippen molar-refractivity contribution in [3.05, 3.63) is 40.9 Å². The van der Waals surface area contributed by atoms with E-state index < -0.39 is 0 Å². The number of rotatable bonds is 5. The third kappa shape index (κ3) is 4.68. The molecule has 2 rings (SSSR count). The van der Waals surface area contributed by atoms with Crippen LogP contribution in [0.5, 0.6) is 0 Å². The van der Waals surface area contributed by atoms with Crippen LogP contribution in [0.2, 0.25) is 0 Å². The third-order valence-electron chi connectivity index (χ3n) is 4.74. The van der Waals surface area contributed by atoms with Crippen LogP contribution in [-0.2, 0) is 4.79 Å². The minimum atomic E-state index is -0.176. The lowest BCUT2D eigenvalue weighted by atomic mass is 9.97. The SMILES string of the molecule is Cc1cc(C(C)C)cc(C2CCN(C(=O)/C(N)=C/C(=N)C(C)C)C2)n1. The molecule has 2 heterocycles. The van der Waals surface area contributed by atoms with E-state index in [0.29, 0.717) is 24.7 Å². The van der Waals surface area contributed by atoms with E-state index in [1.807, 2.05) is 20.8 Å². The molecule has 1 saturated heterocycles. The second-order valence-electron chi connectivity index (χ2n) is 7.57. The Kier molecular flexibility index (Phi) is 5.98. The standard InChI is InChI=1S/C20H30N4O/c1-12(2)16-8-14(5)23-19(9-16)15-6-7-24(11-15)20(25)18(22)10-17(21)13(3)4/h8-10,12-13,15,21H,6-7,11,22H2,1-5H3/b18-10-,21-17?. The summed E-state index contributed by atoms with van der Waals surface area (Å²) in [6.07, 6.45) is 2.39. The van der Waals surface area contributed by atoms with Crippen molar-refractivity contribution >= 4 is 11.6 Å². The Morgan fingerprint density at radius 3 is 2.64 bits per heavy atom. The van der Waals surface area contributed by atoms with Gasteiger partial charge in [-0.25, -0.2) is 0 Å². The number of carbonyl (C=O) groups is 1. The Balaban J connectivity index is 2.11. The Hall–Kier alpha value is -2.17. The zero-order valence-corrected chi connectivity index (χ0v) is 16.0. The molecule has 1 aromatic heterocycles. The van der Waals surface area contributed by atoms with Crippen molar-refractivity contribution in [3.8, 4) is 0 Å². The van der Waals surface area contributed by atoms with E-state index in [4.69, 9.17) is 16.1 Å². The van der Waals surface area contributed by atoms with Gasteiger partial charge in [0, 0.05) is 36.1 Å². The van der Waals surface area contributed by atoms with Crippen LogP contribution < -0.4 is 5.73 Å². The number of carbonyl (C=O) groups excluding carboxylic acids is 1. The summed E-state index contributed by atoms with van der Waals surface area (Å²) in [5.74, 6) is 0.590. The van der Waals surface area contributed by atoms with Gasteiger partial charge in [0.15, 0.2) is 0 Å². The highest BCUT2D eigenvalue weighted by atomic mass is 16.2. The Morgan fingerprint density at radius 1 is 1.36 bits per heavy atom. The van der Waals surface area contributed by atoms with Gasteiger partial charge in [-0.3, -0.25) is 9.78 Å². The third-order valence-corrected chi connectivity index (χ3v) is 4.74. The largest absolute Gasteiger partial charge is 0.394 e. The summed E-state index contributed by atoms with van der Waals surface area (Å²) in [5.41, 5.74) is 9.83. The first-order chi connectivity index (χ1) is 11.7. The average Bonchev–Trinajstić information content (AvgIpc) is 3.03. The van der Waals surface area contributed by atoms with Crippen LogP contribution in [0, 0.1) is 18.3 Å². The van der Waals surface area contributed by atoms with Crippen LogP contribution in [0.4, 0.5) is 0 Å². The van der Waals surface area contributed by atoms with Crippen LogP contribution in [0.3, 0.4) is 0 Å². The molecule has 0 radical (unpaired) electrons. The molecule has 0 bridgehead atoms. The van der Waals surface area contributed by atoms with E-state index >= 15 is 0 Å². The lowest BCUT2D eigenvalue weighted by Gasteiger charge is -2.18. The Bertz CT molecular complexity index is 691. The molecule has 1 aliphatic rings. The van der Waals surface area contributed by atoms with Gasteiger partial charge in [0.2, 0.25) is 0 Å². The molecule has 0 aromatic carbocycles. The predicted molar refractivity (Wildman–Crippen MR) is 102 cm³/mol. The average molecular weight is 342 g/mol. The van der Waals surface area contributed by atoms with E-state index in [-0.39, 0.29) is 23.4 Å². The highest BCUT2D eigenvalue weighted by molar-refractivity contribution is 6.02. The number of allylic oxidation sites excluding steroid dienone is 1. The first-order valence-electron chi connectivity index (χ1n) is 9.02. The Morgan fingerprint density at radius 2 is 2.04 bits per heavy atom. The van der Waals surface area contributed by atoms with Gasteiger partial charge in [0.05, 0.1) is 5.70 Å².